The van der Waals surface area contributed by atoms with Crippen LogP contribution in [0.5, 0.6) is 0 Å². The molecule has 0 heterocycles. The highest BCUT2D eigenvalue weighted by atomic mass is 32.2. The summed E-state index contributed by atoms with van der Waals surface area (Å²) in [6.07, 6.45) is 8.87. The predicted octanol–water partition coefficient (Wildman–Crippen LogP) is 3.40. The van der Waals surface area contributed by atoms with Crippen molar-refractivity contribution in [1.29, 1.82) is 0 Å². The lowest BCUT2D eigenvalue weighted by atomic mass is 9.43. The SMILES string of the molecule is C[C@H](CCC(=O)NCCS(=O)(=O)O)[C@H]1CCC2C3C(O)C[C@@H]4C[C@H](O)CC[C@]4(C)[C@H]3CC[C@@]21C. The fourth-order valence-corrected chi connectivity index (χ4v) is 9.50. The highest BCUT2D eigenvalue weighted by Crippen LogP contribution is 2.68. The third-order valence-corrected chi connectivity index (χ3v) is 11.6. The molecule has 7 nitrogen and oxygen atoms in total. The fraction of sp³-hybridized carbons (Fsp3) is 0.962. The Morgan fingerprint density at radius 2 is 1.71 bits per heavy atom. The van der Waals surface area contributed by atoms with E-state index in [9.17, 15) is 23.4 Å². The van der Waals surface area contributed by atoms with Crippen LogP contribution >= 0.6 is 0 Å². The van der Waals surface area contributed by atoms with Gasteiger partial charge in [0.05, 0.1) is 18.0 Å². The Balaban J connectivity index is 1.39. The number of hydrogen-bond donors (Lipinski definition) is 4. The van der Waals surface area contributed by atoms with E-state index in [0.717, 1.165) is 51.4 Å². The van der Waals surface area contributed by atoms with Crippen LogP contribution < -0.4 is 5.32 Å². The van der Waals surface area contributed by atoms with Gasteiger partial charge in [-0.2, -0.15) is 8.42 Å². The minimum Gasteiger partial charge on any atom is -0.393 e. The molecule has 0 aromatic carbocycles. The Bertz CT molecular complexity index is 863. The van der Waals surface area contributed by atoms with E-state index in [1.54, 1.807) is 0 Å². The maximum absolute atomic E-state index is 12.2. The molecule has 4 rings (SSSR count). The zero-order chi connectivity index (χ0) is 24.9. The normalized spacial score (nSPS) is 45.1. The summed E-state index contributed by atoms with van der Waals surface area (Å²) in [4.78, 5) is 12.2. The van der Waals surface area contributed by atoms with Crippen LogP contribution in [0.2, 0.25) is 0 Å². The lowest BCUT2D eigenvalue weighted by molar-refractivity contribution is -0.174. The lowest BCUT2D eigenvalue weighted by Crippen LogP contribution is -2.58. The van der Waals surface area contributed by atoms with Crippen molar-refractivity contribution in [1.82, 2.24) is 5.32 Å². The lowest BCUT2D eigenvalue weighted by Gasteiger charge is -2.62. The quantitative estimate of drug-likeness (QED) is 0.398. The first-order valence-electron chi connectivity index (χ1n) is 13.4. The summed E-state index contributed by atoms with van der Waals surface area (Å²) in [7, 11) is -4.06. The van der Waals surface area contributed by atoms with Crippen molar-refractivity contribution >= 4 is 16.0 Å². The van der Waals surface area contributed by atoms with E-state index in [1.165, 1.54) is 6.42 Å². The van der Waals surface area contributed by atoms with Gasteiger partial charge in [-0.15, -0.1) is 0 Å². The van der Waals surface area contributed by atoms with Crippen LogP contribution in [0, 0.1) is 46.3 Å². The summed E-state index contributed by atoms with van der Waals surface area (Å²) in [6, 6.07) is 0. The van der Waals surface area contributed by atoms with Crippen molar-refractivity contribution in [3.05, 3.63) is 0 Å². The van der Waals surface area contributed by atoms with Gasteiger partial charge < -0.3 is 15.5 Å². The van der Waals surface area contributed by atoms with Crippen molar-refractivity contribution in [2.24, 2.45) is 46.3 Å². The van der Waals surface area contributed by atoms with Crippen molar-refractivity contribution in [3.8, 4) is 0 Å². The zero-order valence-electron chi connectivity index (χ0n) is 21.1. The standard InChI is InChI=1S/C26H45NO6S/c1-16(4-7-23(30)27-12-13-34(31,32)33)19-5-6-20-24-21(9-11-26(19,20)3)25(2)10-8-18(28)14-17(25)15-22(24)29/h16-22,24,28-29H,4-15H2,1-3H3,(H,27,30)(H,31,32,33)/t16-,17+,18-,19-,20?,21+,22?,24?,25+,26-/m1/s1. The van der Waals surface area contributed by atoms with E-state index in [1.807, 2.05) is 0 Å². The number of hydrogen-bond acceptors (Lipinski definition) is 5. The molecule has 0 aromatic heterocycles. The molecule has 4 N–H and O–H groups in total. The van der Waals surface area contributed by atoms with Crippen LogP contribution in [0.25, 0.3) is 0 Å². The number of nitrogens with one attached hydrogen (secondary N) is 1. The molecular formula is C26H45NO6S. The zero-order valence-corrected chi connectivity index (χ0v) is 21.9. The first kappa shape index (κ1) is 26.4. The first-order valence-corrected chi connectivity index (χ1v) is 15.0. The van der Waals surface area contributed by atoms with E-state index in [2.05, 4.69) is 26.1 Å². The van der Waals surface area contributed by atoms with Gasteiger partial charge in [-0.05, 0) is 104 Å². The third-order valence-electron chi connectivity index (χ3n) is 10.9. The van der Waals surface area contributed by atoms with Gasteiger partial charge in [-0.3, -0.25) is 9.35 Å². The minimum absolute atomic E-state index is 0.0625. The Morgan fingerprint density at radius 1 is 1.03 bits per heavy atom. The molecule has 10 atom stereocenters. The van der Waals surface area contributed by atoms with Crippen molar-refractivity contribution in [3.63, 3.8) is 0 Å². The van der Waals surface area contributed by atoms with Crippen LogP contribution in [0.15, 0.2) is 0 Å². The predicted molar refractivity (Wildman–Crippen MR) is 130 cm³/mol. The summed E-state index contributed by atoms with van der Waals surface area (Å²) >= 11 is 0. The molecular weight excluding hydrogens is 454 g/mol. The number of rotatable bonds is 7. The molecule has 196 valence electrons. The molecule has 34 heavy (non-hydrogen) atoms. The molecule has 0 aromatic rings. The van der Waals surface area contributed by atoms with Crippen LogP contribution in [0.4, 0.5) is 0 Å². The van der Waals surface area contributed by atoms with E-state index >= 15 is 0 Å². The van der Waals surface area contributed by atoms with Gasteiger partial charge in [0.25, 0.3) is 10.1 Å². The van der Waals surface area contributed by atoms with Gasteiger partial charge in [0.2, 0.25) is 5.91 Å². The summed E-state index contributed by atoms with van der Waals surface area (Å²) in [6.45, 7) is 7.05. The second-order valence-electron chi connectivity index (χ2n) is 12.6. The van der Waals surface area contributed by atoms with Gasteiger partial charge in [0, 0.05) is 13.0 Å². The maximum atomic E-state index is 12.2. The molecule has 0 bridgehead atoms. The van der Waals surface area contributed by atoms with E-state index in [0.29, 0.717) is 41.9 Å². The summed E-state index contributed by atoms with van der Waals surface area (Å²) in [5.41, 5.74) is 0.411. The molecule has 0 aliphatic heterocycles. The average molecular weight is 500 g/mol. The van der Waals surface area contributed by atoms with Crippen molar-refractivity contribution < 1.29 is 28.0 Å². The molecule has 1 amide bonds. The second kappa shape index (κ2) is 9.64. The molecule has 4 saturated carbocycles. The van der Waals surface area contributed by atoms with Crippen molar-refractivity contribution in [2.75, 3.05) is 12.3 Å². The number of aliphatic hydroxyl groups is 2. The van der Waals surface area contributed by atoms with Gasteiger partial charge in [0.15, 0.2) is 0 Å². The topological polar surface area (TPSA) is 124 Å². The minimum atomic E-state index is -4.06. The number of fused-ring (bicyclic) bond motifs is 5. The van der Waals surface area contributed by atoms with Crippen LogP contribution in [0.3, 0.4) is 0 Å². The van der Waals surface area contributed by atoms with Gasteiger partial charge in [0.1, 0.15) is 0 Å². The van der Waals surface area contributed by atoms with Crippen LogP contribution in [-0.4, -0.2) is 53.6 Å². The summed E-state index contributed by atoms with van der Waals surface area (Å²) in [5, 5.41) is 24.2. The molecule has 8 heteroatoms. The van der Waals surface area contributed by atoms with Gasteiger partial charge in [-0.1, -0.05) is 20.8 Å². The first-order chi connectivity index (χ1) is 15.8. The molecule has 4 aliphatic rings. The monoisotopic (exact) mass is 499 g/mol. The van der Waals surface area contributed by atoms with Crippen molar-refractivity contribution in [2.45, 2.75) is 97.2 Å². The highest BCUT2D eigenvalue weighted by molar-refractivity contribution is 7.85. The largest absolute Gasteiger partial charge is 0.393 e. The molecule has 0 saturated heterocycles. The highest BCUT2D eigenvalue weighted by Gasteiger charge is 2.62. The molecule has 0 spiro atoms. The average Bonchev–Trinajstić information content (AvgIpc) is 3.09. The number of amides is 1. The molecule has 3 unspecified atom stereocenters. The van der Waals surface area contributed by atoms with Gasteiger partial charge in [-0.25, -0.2) is 0 Å². The third kappa shape index (κ3) is 4.94. The second-order valence-corrected chi connectivity index (χ2v) is 14.2. The Labute approximate surface area is 205 Å². The molecule has 4 aliphatic carbocycles. The molecule has 0 radical (unpaired) electrons. The Morgan fingerprint density at radius 3 is 2.41 bits per heavy atom. The van der Waals surface area contributed by atoms with E-state index < -0.39 is 15.9 Å². The fourth-order valence-electron chi connectivity index (χ4n) is 9.14. The maximum Gasteiger partial charge on any atom is 0.266 e. The Hall–Kier alpha value is -0.700. The van der Waals surface area contributed by atoms with E-state index in [-0.39, 0.29) is 35.5 Å². The number of carbonyl (C=O) groups excluding carboxylic acids is 1. The smallest absolute Gasteiger partial charge is 0.266 e. The summed E-state index contributed by atoms with van der Waals surface area (Å²) < 4.78 is 30.5. The van der Waals surface area contributed by atoms with E-state index in [4.69, 9.17) is 4.55 Å². The molecule has 4 fully saturated rings. The van der Waals surface area contributed by atoms with Crippen LogP contribution in [-0.2, 0) is 14.9 Å². The summed E-state index contributed by atoms with van der Waals surface area (Å²) in [5.74, 6) is 2.10. The Kier molecular flexibility index (Phi) is 7.47. The van der Waals surface area contributed by atoms with Gasteiger partial charge >= 0.3 is 0 Å². The number of aliphatic hydroxyl groups excluding tert-OH is 2. The number of carbonyl (C=O) groups is 1. The van der Waals surface area contributed by atoms with Crippen LogP contribution in [0.1, 0.15) is 85.0 Å².